The maximum absolute atomic E-state index is 11.8. The van der Waals surface area contributed by atoms with Crippen molar-refractivity contribution in [3.63, 3.8) is 0 Å². The summed E-state index contributed by atoms with van der Waals surface area (Å²) < 4.78 is 40.1. The second kappa shape index (κ2) is 4.00. The van der Waals surface area contributed by atoms with E-state index >= 15 is 0 Å². The fraction of sp³-hybridized carbons (Fsp3) is 0.571. The van der Waals surface area contributed by atoms with Crippen LogP contribution < -0.4 is 0 Å². The predicted molar refractivity (Wildman–Crippen MR) is 40.4 cm³/mol. The first-order valence-electron chi connectivity index (χ1n) is 3.57. The molecular formula is C7H7ClF3NO. The van der Waals surface area contributed by atoms with E-state index in [4.69, 9.17) is 16.0 Å². The molecule has 0 bridgehead atoms. The summed E-state index contributed by atoms with van der Waals surface area (Å²) in [5.41, 5.74) is 0.380. The lowest BCUT2D eigenvalue weighted by Gasteiger charge is -2.03. The number of aryl methyl sites for hydroxylation is 1. The lowest BCUT2D eigenvalue weighted by atomic mass is 10.2. The monoisotopic (exact) mass is 213 g/mol. The average Bonchev–Trinajstić information content (AvgIpc) is 2.46. The SMILES string of the molecule is FC(F)(F)CCc1ocnc1CCl. The smallest absolute Gasteiger partial charge is 0.389 e. The second-order valence-electron chi connectivity index (χ2n) is 2.47. The largest absolute Gasteiger partial charge is 0.448 e. The van der Waals surface area contributed by atoms with Gasteiger partial charge in [0.2, 0.25) is 0 Å². The third kappa shape index (κ3) is 3.26. The van der Waals surface area contributed by atoms with Crippen molar-refractivity contribution in [2.45, 2.75) is 24.9 Å². The highest BCUT2D eigenvalue weighted by atomic mass is 35.5. The zero-order chi connectivity index (χ0) is 9.90. The molecular weight excluding hydrogens is 207 g/mol. The van der Waals surface area contributed by atoms with Gasteiger partial charge in [-0.25, -0.2) is 4.98 Å². The Hall–Kier alpha value is -0.710. The molecule has 0 aliphatic rings. The van der Waals surface area contributed by atoms with E-state index in [1.165, 1.54) is 0 Å². The van der Waals surface area contributed by atoms with Crippen molar-refractivity contribution >= 4 is 11.6 Å². The van der Waals surface area contributed by atoms with Crippen molar-refractivity contribution in [3.05, 3.63) is 17.8 Å². The molecule has 0 spiro atoms. The molecule has 74 valence electrons. The van der Waals surface area contributed by atoms with Gasteiger partial charge in [-0.05, 0) is 0 Å². The van der Waals surface area contributed by atoms with Crippen molar-refractivity contribution in [1.82, 2.24) is 4.98 Å². The topological polar surface area (TPSA) is 26.0 Å². The average molecular weight is 214 g/mol. The number of halogens is 4. The lowest BCUT2D eigenvalue weighted by molar-refractivity contribution is -0.134. The molecule has 0 amide bonds. The fourth-order valence-corrected chi connectivity index (χ4v) is 1.08. The van der Waals surface area contributed by atoms with E-state index in [2.05, 4.69) is 4.98 Å². The van der Waals surface area contributed by atoms with Gasteiger partial charge >= 0.3 is 6.18 Å². The van der Waals surface area contributed by atoms with Gasteiger partial charge in [0.1, 0.15) is 5.76 Å². The van der Waals surface area contributed by atoms with Crippen LogP contribution in [0.25, 0.3) is 0 Å². The number of oxazole rings is 1. The molecule has 6 heteroatoms. The molecule has 1 aromatic heterocycles. The Kier molecular flexibility index (Phi) is 3.19. The highest BCUT2D eigenvalue weighted by Crippen LogP contribution is 2.23. The standard InChI is InChI=1S/C7H7ClF3NO/c8-3-5-6(13-4-12-5)1-2-7(9,10)11/h4H,1-3H2. The van der Waals surface area contributed by atoms with Gasteiger partial charge in [0.25, 0.3) is 0 Å². The first-order chi connectivity index (χ1) is 6.03. The van der Waals surface area contributed by atoms with E-state index in [1.807, 2.05) is 0 Å². The van der Waals surface area contributed by atoms with E-state index < -0.39 is 12.6 Å². The minimum Gasteiger partial charge on any atom is -0.448 e. The highest BCUT2D eigenvalue weighted by molar-refractivity contribution is 6.16. The van der Waals surface area contributed by atoms with Crippen molar-refractivity contribution < 1.29 is 17.6 Å². The molecule has 0 atom stereocenters. The summed E-state index contributed by atoms with van der Waals surface area (Å²) in [5.74, 6) is 0.288. The minimum atomic E-state index is -4.17. The van der Waals surface area contributed by atoms with Gasteiger partial charge in [-0.1, -0.05) is 0 Å². The number of alkyl halides is 4. The van der Waals surface area contributed by atoms with Crippen LogP contribution in [0.5, 0.6) is 0 Å². The summed E-state index contributed by atoms with van der Waals surface area (Å²) >= 11 is 5.42. The van der Waals surface area contributed by atoms with Crippen molar-refractivity contribution in [2.75, 3.05) is 0 Å². The van der Waals surface area contributed by atoms with Gasteiger partial charge in [0.05, 0.1) is 18.0 Å². The summed E-state index contributed by atoms with van der Waals surface area (Å²) in [6, 6.07) is 0. The summed E-state index contributed by atoms with van der Waals surface area (Å²) in [4.78, 5) is 3.67. The minimum absolute atomic E-state index is 0.0731. The van der Waals surface area contributed by atoms with E-state index in [1.54, 1.807) is 0 Å². The Balaban J connectivity index is 2.54. The molecule has 0 N–H and O–H groups in total. The maximum atomic E-state index is 11.8. The predicted octanol–water partition coefficient (Wildman–Crippen LogP) is 2.91. The van der Waals surface area contributed by atoms with Crippen molar-refractivity contribution in [1.29, 1.82) is 0 Å². The van der Waals surface area contributed by atoms with Crippen molar-refractivity contribution in [3.8, 4) is 0 Å². The summed E-state index contributed by atoms with van der Waals surface area (Å²) in [5, 5.41) is 0. The van der Waals surface area contributed by atoms with Gasteiger partial charge < -0.3 is 4.42 Å². The van der Waals surface area contributed by atoms with Crippen LogP contribution in [-0.4, -0.2) is 11.2 Å². The Morgan fingerprint density at radius 1 is 1.46 bits per heavy atom. The number of nitrogens with zero attached hydrogens (tertiary/aromatic N) is 1. The molecule has 0 aliphatic carbocycles. The highest BCUT2D eigenvalue weighted by Gasteiger charge is 2.27. The Bertz CT molecular complexity index is 271. The lowest BCUT2D eigenvalue weighted by Crippen LogP contribution is -2.08. The van der Waals surface area contributed by atoms with Gasteiger partial charge in [0.15, 0.2) is 6.39 Å². The van der Waals surface area contributed by atoms with Crippen LogP contribution in [0.15, 0.2) is 10.8 Å². The number of rotatable bonds is 3. The molecule has 1 heterocycles. The molecule has 0 saturated heterocycles. The van der Waals surface area contributed by atoms with E-state index in [0.29, 0.717) is 5.69 Å². The summed E-state index contributed by atoms with van der Waals surface area (Å²) in [7, 11) is 0. The van der Waals surface area contributed by atoms with Crippen LogP contribution in [0.4, 0.5) is 13.2 Å². The van der Waals surface area contributed by atoms with Gasteiger partial charge in [-0.15, -0.1) is 11.6 Å². The third-order valence-corrected chi connectivity index (χ3v) is 1.74. The Morgan fingerprint density at radius 3 is 2.69 bits per heavy atom. The molecule has 2 nitrogen and oxygen atoms in total. The number of hydrogen-bond acceptors (Lipinski definition) is 2. The maximum Gasteiger partial charge on any atom is 0.389 e. The molecule has 1 aromatic rings. The van der Waals surface area contributed by atoms with Gasteiger partial charge in [0, 0.05) is 6.42 Å². The molecule has 0 radical (unpaired) electrons. The molecule has 0 saturated carbocycles. The Labute approximate surface area is 77.7 Å². The summed E-state index contributed by atoms with van der Waals surface area (Å²) in [6.07, 6.45) is -4.18. The second-order valence-corrected chi connectivity index (χ2v) is 2.74. The van der Waals surface area contributed by atoms with E-state index in [-0.39, 0.29) is 18.1 Å². The molecule has 0 aliphatic heterocycles. The van der Waals surface area contributed by atoms with Crippen molar-refractivity contribution in [2.24, 2.45) is 0 Å². The molecule has 13 heavy (non-hydrogen) atoms. The first-order valence-corrected chi connectivity index (χ1v) is 4.10. The van der Waals surface area contributed by atoms with Crippen LogP contribution in [0.2, 0.25) is 0 Å². The first kappa shape index (κ1) is 10.4. The normalized spacial score (nSPS) is 12.0. The number of aromatic nitrogens is 1. The van der Waals surface area contributed by atoms with Crippen LogP contribution in [-0.2, 0) is 12.3 Å². The third-order valence-electron chi connectivity index (χ3n) is 1.49. The quantitative estimate of drug-likeness (QED) is 0.722. The molecule has 1 rings (SSSR count). The van der Waals surface area contributed by atoms with Crippen LogP contribution >= 0.6 is 11.6 Å². The molecule has 0 unspecified atom stereocenters. The number of hydrogen-bond donors (Lipinski definition) is 0. The van der Waals surface area contributed by atoms with E-state index in [9.17, 15) is 13.2 Å². The van der Waals surface area contributed by atoms with E-state index in [0.717, 1.165) is 6.39 Å². The summed E-state index contributed by atoms with van der Waals surface area (Å²) in [6.45, 7) is 0. The van der Waals surface area contributed by atoms with Gasteiger partial charge in [-0.2, -0.15) is 13.2 Å². The molecule has 0 fully saturated rings. The van der Waals surface area contributed by atoms with Crippen LogP contribution in [0.1, 0.15) is 17.9 Å². The van der Waals surface area contributed by atoms with Crippen LogP contribution in [0.3, 0.4) is 0 Å². The Morgan fingerprint density at radius 2 is 2.15 bits per heavy atom. The fourth-order valence-electron chi connectivity index (χ4n) is 0.861. The van der Waals surface area contributed by atoms with Crippen LogP contribution in [0, 0.1) is 0 Å². The zero-order valence-electron chi connectivity index (χ0n) is 6.57. The zero-order valence-corrected chi connectivity index (χ0v) is 7.32. The molecule has 0 aromatic carbocycles. The van der Waals surface area contributed by atoms with Gasteiger partial charge in [-0.3, -0.25) is 0 Å².